The van der Waals surface area contributed by atoms with Gasteiger partial charge in [-0.3, -0.25) is 4.79 Å². The Hall–Kier alpha value is -1.00. The number of likely N-dealkylation sites (tertiary alicyclic amines) is 1. The fourth-order valence-electron chi connectivity index (χ4n) is 3.53. The lowest BCUT2D eigenvalue weighted by atomic mass is 10.00. The van der Waals surface area contributed by atoms with Crippen molar-refractivity contribution in [3.05, 3.63) is 29.3 Å². The molecule has 108 valence electrons. The first-order valence-corrected chi connectivity index (χ1v) is 8.44. The number of aryl methyl sites for hydroxylation is 1. The summed E-state index contributed by atoms with van der Waals surface area (Å²) in [5.41, 5.74) is 1.84. The molecule has 20 heavy (non-hydrogen) atoms. The average Bonchev–Trinajstić information content (AvgIpc) is 3.01. The number of hydrogen-bond acceptors (Lipinski definition) is 3. The number of fused-ring (bicyclic) bond motifs is 1. The number of benzene rings is 1. The van der Waals surface area contributed by atoms with E-state index < -0.39 is 0 Å². The zero-order chi connectivity index (χ0) is 14.3. The van der Waals surface area contributed by atoms with Crippen molar-refractivity contribution in [1.82, 2.24) is 4.90 Å². The Labute approximate surface area is 124 Å². The second-order valence-corrected chi connectivity index (χ2v) is 6.84. The molecule has 3 atom stereocenters. The van der Waals surface area contributed by atoms with E-state index in [-0.39, 0.29) is 12.0 Å². The van der Waals surface area contributed by atoms with Gasteiger partial charge in [0.2, 0.25) is 0 Å². The predicted molar refractivity (Wildman–Crippen MR) is 81.1 cm³/mol. The minimum atomic E-state index is -0.212. The maximum Gasteiger partial charge on any atom is 0.254 e. The van der Waals surface area contributed by atoms with E-state index >= 15 is 0 Å². The van der Waals surface area contributed by atoms with Crippen molar-refractivity contribution in [2.45, 2.75) is 30.8 Å². The van der Waals surface area contributed by atoms with E-state index in [2.05, 4.69) is 6.07 Å². The van der Waals surface area contributed by atoms with Crippen LogP contribution in [0.2, 0.25) is 0 Å². The van der Waals surface area contributed by atoms with Gasteiger partial charge in [-0.1, -0.05) is 6.07 Å². The molecule has 0 spiro atoms. The Morgan fingerprint density at radius 3 is 2.85 bits per heavy atom. The third kappa shape index (κ3) is 2.35. The van der Waals surface area contributed by atoms with Crippen molar-refractivity contribution < 1.29 is 9.90 Å². The van der Waals surface area contributed by atoms with E-state index in [0.29, 0.717) is 18.4 Å². The van der Waals surface area contributed by atoms with Gasteiger partial charge in [-0.15, -0.1) is 11.8 Å². The lowest BCUT2D eigenvalue weighted by Gasteiger charge is -2.20. The van der Waals surface area contributed by atoms with Crippen molar-refractivity contribution in [2.24, 2.45) is 11.8 Å². The van der Waals surface area contributed by atoms with Crippen molar-refractivity contribution in [1.29, 1.82) is 0 Å². The van der Waals surface area contributed by atoms with E-state index in [1.165, 1.54) is 0 Å². The summed E-state index contributed by atoms with van der Waals surface area (Å²) in [6, 6.07) is 6.07. The molecule has 0 radical (unpaired) electrons. The van der Waals surface area contributed by atoms with Gasteiger partial charge in [0, 0.05) is 29.5 Å². The number of thioether (sulfide) groups is 1. The molecule has 1 amide bonds. The highest BCUT2D eigenvalue weighted by Gasteiger charge is 2.43. The fraction of sp³-hybridized carbons (Fsp3) is 0.562. The van der Waals surface area contributed by atoms with E-state index in [1.807, 2.05) is 30.2 Å². The van der Waals surface area contributed by atoms with Crippen LogP contribution in [0.25, 0.3) is 0 Å². The van der Waals surface area contributed by atoms with Crippen molar-refractivity contribution in [3.8, 4) is 0 Å². The second-order valence-electron chi connectivity index (χ2n) is 5.96. The fourth-order valence-corrected chi connectivity index (χ4v) is 3.97. The monoisotopic (exact) mass is 291 g/mol. The quantitative estimate of drug-likeness (QED) is 0.851. The SMILES string of the molecule is CSc1ccc(C)c(C(=O)N2CC3CCC(O)C3C2)c1. The minimum Gasteiger partial charge on any atom is -0.393 e. The van der Waals surface area contributed by atoms with Crippen LogP contribution in [0.4, 0.5) is 0 Å². The van der Waals surface area contributed by atoms with Crippen molar-refractivity contribution in [2.75, 3.05) is 19.3 Å². The Bertz CT molecular complexity index is 531. The van der Waals surface area contributed by atoms with Crippen LogP contribution < -0.4 is 0 Å². The Kier molecular flexibility index (Phi) is 3.78. The van der Waals surface area contributed by atoms with E-state index in [4.69, 9.17) is 0 Å². The van der Waals surface area contributed by atoms with E-state index in [1.54, 1.807) is 11.8 Å². The molecular formula is C16H21NO2S. The van der Waals surface area contributed by atoms with E-state index in [9.17, 15) is 9.90 Å². The van der Waals surface area contributed by atoms with Gasteiger partial charge in [0.1, 0.15) is 0 Å². The maximum atomic E-state index is 12.7. The number of rotatable bonds is 2. The molecule has 2 aliphatic rings. The first kappa shape index (κ1) is 14.0. The molecule has 4 heteroatoms. The van der Waals surface area contributed by atoms with Crippen LogP contribution in [-0.4, -0.2) is 41.4 Å². The summed E-state index contributed by atoms with van der Waals surface area (Å²) in [7, 11) is 0. The van der Waals surface area contributed by atoms with Gasteiger partial charge in [0.15, 0.2) is 0 Å². The molecule has 1 aliphatic heterocycles. The zero-order valence-electron chi connectivity index (χ0n) is 12.0. The number of amides is 1. The summed E-state index contributed by atoms with van der Waals surface area (Å²) in [6.45, 7) is 3.51. The lowest BCUT2D eigenvalue weighted by Crippen LogP contribution is -2.31. The van der Waals surface area contributed by atoms with Gasteiger partial charge in [0.05, 0.1) is 6.10 Å². The summed E-state index contributed by atoms with van der Waals surface area (Å²) in [5, 5.41) is 9.96. The summed E-state index contributed by atoms with van der Waals surface area (Å²) >= 11 is 1.66. The molecule has 3 unspecified atom stereocenters. The maximum absolute atomic E-state index is 12.7. The predicted octanol–water partition coefficient (Wildman–Crippen LogP) is 2.56. The number of hydrogen-bond donors (Lipinski definition) is 1. The Balaban J connectivity index is 1.80. The molecule has 1 aromatic rings. The Morgan fingerprint density at radius 2 is 2.15 bits per heavy atom. The molecule has 3 nitrogen and oxygen atoms in total. The molecular weight excluding hydrogens is 270 g/mol. The first-order chi connectivity index (χ1) is 9.60. The van der Waals surface area contributed by atoms with Crippen LogP contribution >= 0.6 is 11.8 Å². The van der Waals surface area contributed by atoms with Crippen LogP contribution in [0.3, 0.4) is 0 Å². The molecule has 1 heterocycles. The van der Waals surface area contributed by atoms with Crippen LogP contribution in [0.5, 0.6) is 0 Å². The number of aliphatic hydroxyl groups is 1. The molecule has 1 saturated heterocycles. The van der Waals surface area contributed by atoms with Crippen molar-refractivity contribution >= 4 is 17.7 Å². The largest absolute Gasteiger partial charge is 0.393 e. The van der Waals surface area contributed by atoms with Crippen LogP contribution in [0.15, 0.2) is 23.1 Å². The molecule has 2 fully saturated rings. The highest BCUT2D eigenvalue weighted by molar-refractivity contribution is 7.98. The zero-order valence-corrected chi connectivity index (χ0v) is 12.8. The average molecular weight is 291 g/mol. The molecule has 0 bridgehead atoms. The Morgan fingerprint density at radius 1 is 1.35 bits per heavy atom. The molecule has 0 aromatic heterocycles. The smallest absolute Gasteiger partial charge is 0.254 e. The van der Waals surface area contributed by atoms with E-state index in [0.717, 1.165) is 35.4 Å². The topological polar surface area (TPSA) is 40.5 Å². The van der Waals surface area contributed by atoms with Crippen LogP contribution in [-0.2, 0) is 0 Å². The molecule has 1 aromatic carbocycles. The number of carbonyl (C=O) groups excluding carboxylic acids is 1. The van der Waals surface area contributed by atoms with Crippen LogP contribution in [0, 0.1) is 18.8 Å². The summed E-state index contributed by atoms with van der Waals surface area (Å²) in [5.74, 6) is 0.918. The third-order valence-corrected chi connectivity index (χ3v) is 5.51. The number of carbonyl (C=O) groups is 1. The standard InChI is InChI=1S/C16H21NO2S/c1-10-3-5-12(20-2)7-13(10)16(19)17-8-11-4-6-15(18)14(11)9-17/h3,5,7,11,14-15,18H,4,6,8-9H2,1-2H3. The first-order valence-electron chi connectivity index (χ1n) is 7.22. The van der Waals surface area contributed by atoms with Gasteiger partial charge in [-0.05, 0) is 49.6 Å². The summed E-state index contributed by atoms with van der Waals surface area (Å²) < 4.78 is 0. The highest BCUT2D eigenvalue weighted by Crippen LogP contribution is 2.38. The highest BCUT2D eigenvalue weighted by atomic mass is 32.2. The summed E-state index contributed by atoms with van der Waals surface area (Å²) in [6.07, 6.45) is 3.77. The van der Waals surface area contributed by atoms with Crippen LogP contribution in [0.1, 0.15) is 28.8 Å². The molecule has 3 rings (SSSR count). The minimum absolute atomic E-state index is 0.125. The normalized spacial score (nSPS) is 28.8. The molecule has 1 N–H and O–H groups in total. The molecule has 1 aliphatic carbocycles. The second kappa shape index (κ2) is 5.41. The third-order valence-electron chi connectivity index (χ3n) is 4.78. The number of nitrogens with zero attached hydrogens (tertiary/aromatic N) is 1. The van der Waals surface area contributed by atoms with Gasteiger partial charge >= 0.3 is 0 Å². The van der Waals surface area contributed by atoms with Gasteiger partial charge in [0.25, 0.3) is 5.91 Å². The van der Waals surface area contributed by atoms with Gasteiger partial charge < -0.3 is 10.0 Å². The number of aliphatic hydroxyl groups excluding tert-OH is 1. The molecule has 1 saturated carbocycles. The van der Waals surface area contributed by atoms with Gasteiger partial charge in [-0.2, -0.15) is 0 Å². The lowest BCUT2D eigenvalue weighted by molar-refractivity contribution is 0.0751. The van der Waals surface area contributed by atoms with Crippen molar-refractivity contribution in [3.63, 3.8) is 0 Å². The van der Waals surface area contributed by atoms with Gasteiger partial charge in [-0.25, -0.2) is 0 Å². The summed E-state index contributed by atoms with van der Waals surface area (Å²) in [4.78, 5) is 15.8.